The minimum atomic E-state index is 0.0688. The number of hydrogen-bond acceptors (Lipinski definition) is 3. The molecule has 2 aromatic heterocycles. The molecule has 0 saturated heterocycles. The van der Waals surface area contributed by atoms with Crippen molar-refractivity contribution >= 4 is 33.0 Å². The molecule has 0 N–H and O–H groups in total. The van der Waals surface area contributed by atoms with Crippen molar-refractivity contribution in [2.24, 2.45) is 0 Å². The molecule has 3 rings (SSSR count). The van der Waals surface area contributed by atoms with Crippen LogP contribution >= 0.6 is 11.3 Å². The van der Waals surface area contributed by atoms with Gasteiger partial charge in [-0.05, 0) is 29.0 Å². The summed E-state index contributed by atoms with van der Waals surface area (Å²) in [5.41, 5.74) is 0.822. The Labute approximate surface area is 89.8 Å². The third-order valence-corrected chi connectivity index (χ3v) is 3.20. The summed E-state index contributed by atoms with van der Waals surface area (Å²) < 4.78 is 0. The minimum Gasteiger partial charge on any atom is -0.288 e. The molecule has 0 spiro atoms. The van der Waals surface area contributed by atoms with Gasteiger partial charge in [0.2, 0.25) is 0 Å². The molecule has 3 heteroatoms. The maximum atomic E-state index is 12.1. The van der Waals surface area contributed by atoms with Crippen LogP contribution in [0.1, 0.15) is 0 Å². The fourth-order valence-corrected chi connectivity index (χ4v) is 2.48. The van der Waals surface area contributed by atoms with Gasteiger partial charge >= 0.3 is 0 Å². The van der Waals surface area contributed by atoms with Gasteiger partial charge < -0.3 is 0 Å². The lowest BCUT2D eigenvalue weighted by atomic mass is 10.2. The Kier molecular flexibility index (Phi) is 1.79. The molecule has 1 aromatic carbocycles. The van der Waals surface area contributed by atoms with Crippen LogP contribution in [-0.2, 0) is 0 Å². The number of pyridine rings is 1. The summed E-state index contributed by atoms with van der Waals surface area (Å²) in [6.07, 6.45) is 1.70. The lowest BCUT2D eigenvalue weighted by Crippen LogP contribution is -1.96. The first-order valence-electron chi connectivity index (χ1n) is 4.60. The molecular weight excluding hydrogens is 206 g/mol. The second-order valence-corrected chi connectivity index (χ2v) is 4.08. The Hall–Kier alpha value is -1.74. The summed E-state index contributed by atoms with van der Waals surface area (Å²) in [6, 6.07) is 7.46. The molecule has 0 saturated carbocycles. The molecule has 15 heavy (non-hydrogen) atoms. The third kappa shape index (κ3) is 1.24. The highest BCUT2D eigenvalue weighted by molar-refractivity contribution is 7.09. The maximum absolute atomic E-state index is 12.1. The normalized spacial score (nSPS) is 10.9. The second kappa shape index (κ2) is 3.14. The highest BCUT2D eigenvalue weighted by Crippen LogP contribution is 2.17. The van der Waals surface area contributed by atoms with Crippen molar-refractivity contribution in [3.05, 3.63) is 51.4 Å². The summed E-state index contributed by atoms with van der Waals surface area (Å²) in [4.78, 5) is 16.3. The van der Waals surface area contributed by atoms with E-state index in [1.54, 1.807) is 23.6 Å². The SMILES string of the molecule is O=c1c2cscc2ccc2ncccc12. The first-order valence-corrected chi connectivity index (χ1v) is 5.54. The highest BCUT2D eigenvalue weighted by atomic mass is 32.1. The summed E-state index contributed by atoms with van der Waals surface area (Å²) in [6.45, 7) is 0. The van der Waals surface area contributed by atoms with Gasteiger partial charge in [-0.25, -0.2) is 0 Å². The smallest absolute Gasteiger partial charge is 0.196 e. The van der Waals surface area contributed by atoms with Crippen LogP contribution in [0.4, 0.5) is 0 Å². The Bertz CT molecular complexity index is 702. The molecule has 0 unspecified atom stereocenters. The van der Waals surface area contributed by atoms with Crippen LogP contribution < -0.4 is 5.43 Å². The fourth-order valence-electron chi connectivity index (χ4n) is 1.68. The van der Waals surface area contributed by atoms with Crippen molar-refractivity contribution < 1.29 is 0 Å². The van der Waals surface area contributed by atoms with Crippen LogP contribution in [0.2, 0.25) is 0 Å². The number of thiophene rings is 1. The molecular formula is C12H7NOS. The predicted octanol–water partition coefficient (Wildman–Crippen LogP) is 2.81. The fraction of sp³-hybridized carbons (Fsp3) is 0. The van der Waals surface area contributed by atoms with E-state index in [-0.39, 0.29) is 5.43 Å². The zero-order valence-corrected chi connectivity index (χ0v) is 8.62. The van der Waals surface area contributed by atoms with Crippen LogP contribution in [0, 0.1) is 0 Å². The van der Waals surface area contributed by atoms with Crippen LogP contribution in [0.25, 0.3) is 21.7 Å². The van der Waals surface area contributed by atoms with Crippen molar-refractivity contribution in [1.29, 1.82) is 0 Å². The molecule has 2 heterocycles. The van der Waals surface area contributed by atoms with E-state index >= 15 is 0 Å². The quantitative estimate of drug-likeness (QED) is 0.574. The van der Waals surface area contributed by atoms with Gasteiger partial charge in [-0.1, -0.05) is 6.07 Å². The molecule has 0 radical (unpaired) electrons. The summed E-state index contributed by atoms with van der Waals surface area (Å²) in [5, 5.41) is 6.33. The van der Waals surface area contributed by atoms with Crippen LogP contribution in [0.3, 0.4) is 0 Å². The van der Waals surface area contributed by atoms with Gasteiger partial charge in [0.1, 0.15) is 0 Å². The Morgan fingerprint density at radius 1 is 1.07 bits per heavy atom. The first-order chi connectivity index (χ1) is 7.36. The Balaban J connectivity index is 2.71. The van der Waals surface area contributed by atoms with Gasteiger partial charge in [-0.3, -0.25) is 9.78 Å². The lowest BCUT2D eigenvalue weighted by molar-refractivity contribution is 1.42. The van der Waals surface area contributed by atoms with E-state index in [9.17, 15) is 4.79 Å². The number of fused-ring (bicyclic) bond motifs is 2. The monoisotopic (exact) mass is 213 g/mol. The van der Waals surface area contributed by atoms with Gasteiger partial charge in [0.05, 0.1) is 5.52 Å². The van der Waals surface area contributed by atoms with Gasteiger partial charge in [0.25, 0.3) is 0 Å². The molecule has 0 fully saturated rings. The van der Waals surface area contributed by atoms with Gasteiger partial charge in [0, 0.05) is 22.3 Å². The van der Waals surface area contributed by atoms with Crippen LogP contribution in [0.15, 0.2) is 46.0 Å². The molecule has 0 bridgehead atoms. The van der Waals surface area contributed by atoms with Gasteiger partial charge in [-0.15, -0.1) is 0 Å². The molecule has 72 valence electrons. The lowest BCUT2D eigenvalue weighted by Gasteiger charge is -1.87. The van der Waals surface area contributed by atoms with Crippen molar-refractivity contribution in [2.75, 3.05) is 0 Å². The van der Waals surface area contributed by atoms with E-state index in [1.165, 1.54) is 0 Å². The summed E-state index contributed by atoms with van der Waals surface area (Å²) in [7, 11) is 0. The molecule has 0 atom stereocenters. The molecule has 0 amide bonds. The van der Waals surface area contributed by atoms with Gasteiger partial charge in [0.15, 0.2) is 5.43 Å². The van der Waals surface area contributed by atoms with Crippen molar-refractivity contribution in [2.45, 2.75) is 0 Å². The standard InChI is InChI=1S/C12H7NOS/c14-12-9-2-1-5-13-11(9)4-3-8-6-15-7-10(8)12/h1-7H. The third-order valence-electron chi connectivity index (χ3n) is 2.44. The maximum Gasteiger partial charge on any atom is 0.196 e. The van der Waals surface area contributed by atoms with Gasteiger partial charge in [-0.2, -0.15) is 11.3 Å². The summed E-state index contributed by atoms with van der Waals surface area (Å²) in [5.74, 6) is 0. The van der Waals surface area contributed by atoms with E-state index in [4.69, 9.17) is 0 Å². The van der Waals surface area contributed by atoms with Crippen LogP contribution in [-0.4, -0.2) is 4.98 Å². The number of rotatable bonds is 0. The van der Waals surface area contributed by atoms with E-state index in [0.717, 1.165) is 16.3 Å². The predicted molar refractivity (Wildman–Crippen MR) is 63.4 cm³/mol. The van der Waals surface area contributed by atoms with Crippen molar-refractivity contribution in [3.8, 4) is 0 Å². The molecule has 2 nitrogen and oxygen atoms in total. The number of nitrogens with zero attached hydrogens (tertiary/aromatic N) is 1. The zero-order valence-electron chi connectivity index (χ0n) is 7.81. The van der Waals surface area contributed by atoms with E-state index in [2.05, 4.69) is 4.98 Å². The molecule has 0 aliphatic rings. The van der Waals surface area contributed by atoms with Crippen molar-refractivity contribution in [1.82, 2.24) is 4.98 Å². The molecule has 3 aromatic rings. The Morgan fingerprint density at radius 2 is 2.00 bits per heavy atom. The largest absolute Gasteiger partial charge is 0.288 e. The van der Waals surface area contributed by atoms with Crippen molar-refractivity contribution in [3.63, 3.8) is 0 Å². The van der Waals surface area contributed by atoms with E-state index in [0.29, 0.717) is 5.39 Å². The minimum absolute atomic E-state index is 0.0688. The zero-order chi connectivity index (χ0) is 10.3. The average Bonchev–Trinajstić information content (AvgIpc) is 2.69. The first kappa shape index (κ1) is 8.56. The van der Waals surface area contributed by atoms with Crippen LogP contribution in [0.5, 0.6) is 0 Å². The average molecular weight is 213 g/mol. The molecule has 0 aliphatic carbocycles. The topological polar surface area (TPSA) is 30.0 Å². The summed E-state index contributed by atoms with van der Waals surface area (Å²) >= 11 is 1.55. The highest BCUT2D eigenvalue weighted by Gasteiger charge is 2.02. The Morgan fingerprint density at radius 3 is 2.93 bits per heavy atom. The second-order valence-electron chi connectivity index (χ2n) is 3.34. The number of hydrogen-bond donors (Lipinski definition) is 0. The number of aromatic nitrogens is 1. The molecule has 0 aliphatic heterocycles. The van der Waals surface area contributed by atoms with E-state index < -0.39 is 0 Å². The van der Waals surface area contributed by atoms with E-state index in [1.807, 2.05) is 29.0 Å².